The predicted octanol–water partition coefficient (Wildman–Crippen LogP) is 2.18. The van der Waals surface area contributed by atoms with Crippen LogP contribution >= 0.6 is 0 Å². The van der Waals surface area contributed by atoms with Crippen molar-refractivity contribution >= 4 is 17.3 Å². The topological polar surface area (TPSA) is 101 Å². The Labute approximate surface area is 110 Å². The standard InChI is InChI=1S/C13H15N3O3/c1-7-8(2)19-12(16-7)6-15-9-3-4-10(13(17)18)11(14)5-9/h3-5,15H,6,14H2,1-2H3,(H,17,18). The van der Waals surface area contributed by atoms with E-state index in [9.17, 15) is 4.79 Å². The molecule has 1 aromatic carbocycles. The Morgan fingerprint density at radius 1 is 1.47 bits per heavy atom. The van der Waals surface area contributed by atoms with Crippen LogP contribution in [0.4, 0.5) is 11.4 Å². The van der Waals surface area contributed by atoms with Crippen molar-refractivity contribution in [3.63, 3.8) is 0 Å². The molecule has 0 aliphatic carbocycles. The van der Waals surface area contributed by atoms with Gasteiger partial charge in [-0.2, -0.15) is 0 Å². The number of oxazole rings is 1. The van der Waals surface area contributed by atoms with Crippen LogP contribution < -0.4 is 11.1 Å². The molecule has 0 aliphatic heterocycles. The van der Waals surface area contributed by atoms with E-state index in [0.29, 0.717) is 12.4 Å². The Kier molecular flexibility index (Phi) is 3.41. The largest absolute Gasteiger partial charge is 0.478 e. The molecular weight excluding hydrogens is 246 g/mol. The number of aromatic carboxylic acids is 1. The third-order valence-corrected chi connectivity index (χ3v) is 2.80. The van der Waals surface area contributed by atoms with Crippen molar-refractivity contribution in [3.8, 4) is 0 Å². The van der Waals surface area contributed by atoms with Gasteiger partial charge in [-0.25, -0.2) is 9.78 Å². The average molecular weight is 261 g/mol. The molecule has 2 aromatic rings. The number of aromatic nitrogens is 1. The second-order valence-electron chi connectivity index (χ2n) is 4.21. The van der Waals surface area contributed by atoms with Gasteiger partial charge in [0.05, 0.1) is 17.8 Å². The molecule has 6 nitrogen and oxygen atoms in total. The number of anilines is 2. The maximum absolute atomic E-state index is 10.8. The van der Waals surface area contributed by atoms with E-state index in [4.69, 9.17) is 15.3 Å². The summed E-state index contributed by atoms with van der Waals surface area (Å²) in [6.45, 7) is 4.15. The first-order valence-corrected chi connectivity index (χ1v) is 5.77. The molecule has 0 unspecified atom stereocenters. The molecule has 0 atom stereocenters. The summed E-state index contributed by atoms with van der Waals surface area (Å²) in [6.07, 6.45) is 0. The zero-order valence-electron chi connectivity index (χ0n) is 10.7. The first kappa shape index (κ1) is 12.9. The highest BCUT2D eigenvalue weighted by Crippen LogP contribution is 2.19. The van der Waals surface area contributed by atoms with E-state index >= 15 is 0 Å². The van der Waals surface area contributed by atoms with Crippen LogP contribution in [0.15, 0.2) is 22.6 Å². The van der Waals surface area contributed by atoms with Crippen LogP contribution in [0.5, 0.6) is 0 Å². The van der Waals surface area contributed by atoms with Crippen molar-refractivity contribution < 1.29 is 14.3 Å². The van der Waals surface area contributed by atoms with Crippen LogP contribution in [0, 0.1) is 13.8 Å². The zero-order chi connectivity index (χ0) is 14.0. The summed E-state index contributed by atoms with van der Waals surface area (Å²) < 4.78 is 5.43. The van der Waals surface area contributed by atoms with Crippen LogP contribution in [0.2, 0.25) is 0 Å². The van der Waals surface area contributed by atoms with Crippen molar-refractivity contribution in [2.75, 3.05) is 11.1 Å². The third kappa shape index (κ3) is 2.85. The van der Waals surface area contributed by atoms with E-state index in [0.717, 1.165) is 17.1 Å². The van der Waals surface area contributed by atoms with E-state index < -0.39 is 5.97 Å². The maximum Gasteiger partial charge on any atom is 0.337 e. The molecule has 0 saturated heterocycles. The fourth-order valence-corrected chi connectivity index (χ4v) is 1.66. The molecule has 0 saturated carbocycles. The number of benzene rings is 1. The number of nitrogens with two attached hydrogens (primary N) is 1. The Morgan fingerprint density at radius 3 is 2.74 bits per heavy atom. The highest BCUT2D eigenvalue weighted by molar-refractivity contribution is 5.94. The number of hydrogen-bond acceptors (Lipinski definition) is 5. The molecule has 19 heavy (non-hydrogen) atoms. The summed E-state index contributed by atoms with van der Waals surface area (Å²) in [5.41, 5.74) is 7.55. The monoisotopic (exact) mass is 261 g/mol. The van der Waals surface area contributed by atoms with Crippen LogP contribution in [-0.4, -0.2) is 16.1 Å². The normalized spacial score (nSPS) is 10.4. The second-order valence-corrected chi connectivity index (χ2v) is 4.21. The van der Waals surface area contributed by atoms with Gasteiger partial charge in [0, 0.05) is 11.4 Å². The highest BCUT2D eigenvalue weighted by atomic mass is 16.4. The quantitative estimate of drug-likeness (QED) is 0.729. The van der Waals surface area contributed by atoms with Gasteiger partial charge >= 0.3 is 5.97 Å². The van der Waals surface area contributed by atoms with E-state index in [-0.39, 0.29) is 11.3 Å². The lowest BCUT2D eigenvalue weighted by atomic mass is 10.1. The first-order valence-electron chi connectivity index (χ1n) is 5.77. The number of nitrogen functional groups attached to an aromatic ring is 1. The van der Waals surface area contributed by atoms with Crippen molar-refractivity contribution in [2.45, 2.75) is 20.4 Å². The minimum Gasteiger partial charge on any atom is -0.478 e. The van der Waals surface area contributed by atoms with E-state index in [2.05, 4.69) is 10.3 Å². The Morgan fingerprint density at radius 2 is 2.21 bits per heavy atom. The lowest BCUT2D eigenvalue weighted by Gasteiger charge is -2.06. The van der Waals surface area contributed by atoms with Crippen molar-refractivity contribution in [1.29, 1.82) is 0 Å². The van der Waals surface area contributed by atoms with E-state index in [1.807, 2.05) is 13.8 Å². The molecule has 2 rings (SSSR count). The van der Waals surface area contributed by atoms with Gasteiger partial charge < -0.3 is 20.6 Å². The SMILES string of the molecule is Cc1nc(CNc2ccc(C(=O)O)c(N)c2)oc1C. The van der Waals surface area contributed by atoms with Gasteiger partial charge in [-0.15, -0.1) is 0 Å². The van der Waals surface area contributed by atoms with Gasteiger partial charge in [0.15, 0.2) is 0 Å². The summed E-state index contributed by atoms with van der Waals surface area (Å²) in [5, 5.41) is 12.0. The van der Waals surface area contributed by atoms with Crippen LogP contribution in [0.25, 0.3) is 0 Å². The average Bonchev–Trinajstić information content (AvgIpc) is 2.66. The third-order valence-electron chi connectivity index (χ3n) is 2.80. The van der Waals surface area contributed by atoms with Gasteiger partial charge in [0.1, 0.15) is 5.76 Å². The van der Waals surface area contributed by atoms with Crippen molar-refractivity contribution in [1.82, 2.24) is 4.98 Å². The fourth-order valence-electron chi connectivity index (χ4n) is 1.66. The molecule has 6 heteroatoms. The number of rotatable bonds is 4. The summed E-state index contributed by atoms with van der Waals surface area (Å²) in [4.78, 5) is 15.1. The van der Waals surface area contributed by atoms with Crippen LogP contribution in [0.1, 0.15) is 27.7 Å². The van der Waals surface area contributed by atoms with E-state index in [1.165, 1.54) is 6.07 Å². The summed E-state index contributed by atoms with van der Waals surface area (Å²) >= 11 is 0. The lowest BCUT2D eigenvalue weighted by Crippen LogP contribution is -2.05. The summed E-state index contributed by atoms with van der Waals surface area (Å²) in [5.74, 6) is 0.330. The van der Waals surface area contributed by atoms with Crippen LogP contribution in [0.3, 0.4) is 0 Å². The van der Waals surface area contributed by atoms with Gasteiger partial charge in [0.2, 0.25) is 5.89 Å². The Bertz CT molecular complexity index is 600. The van der Waals surface area contributed by atoms with Gasteiger partial charge in [0.25, 0.3) is 0 Å². The minimum atomic E-state index is -1.04. The molecule has 1 heterocycles. The molecule has 1 aromatic heterocycles. The van der Waals surface area contributed by atoms with E-state index in [1.54, 1.807) is 12.1 Å². The number of aryl methyl sites for hydroxylation is 2. The number of carboxylic acids is 1. The molecule has 0 aliphatic rings. The molecular formula is C13H15N3O3. The lowest BCUT2D eigenvalue weighted by molar-refractivity contribution is 0.0698. The molecule has 4 N–H and O–H groups in total. The fraction of sp³-hybridized carbons (Fsp3) is 0.231. The number of carbonyl (C=O) groups is 1. The number of nitrogens with zero attached hydrogens (tertiary/aromatic N) is 1. The molecule has 100 valence electrons. The van der Waals surface area contributed by atoms with Crippen molar-refractivity contribution in [3.05, 3.63) is 41.1 Å². The second kappa shape index (κ2) is 5.01. The zero-order valence-corrected chi connectivity index (χ0v) is 10.7. The van der Waals surface area contributed by atoms with Crippen LogP contribution in [-0.2, 0) is 6.54 Å². The number of nitrogens with one attached hydrogen (secondary N) is 1. The van der Waals surface area contributed by atoms with Gasteiger partial charge in [-0.3, -0.25) is 0 Å². The molecule has 0 spiro atoms. The van der Waals surface area contributed by atoms with Gasteiger partial charge in [-0.1, -0.05) is 0 Å². The minimum absolute atomic E-state index is 0.0911. The highest BCUT2D eigenvalue weighted by Gasteiger charge is 2.09. The van der Waals surface area contributed by atoms with Gasteiger partial charge in [-0.05, 0) is 32.0 Å². The Balaban J connectivity index is 2.08. The number of hydrogen-bond donors (Lipinski definition) is 3. The predicted molar refractivity (Wildman–Crippen MR) is 71.1 cm³/mol. The summed E-state index contributed by atoms with van der Waals surface area (Å²) in [7, 11) is 0. The molecule has 0 amide bonds. The molecule has 0 bridgehead atoms. The maximum atomic E-state index is 10.8. The smallest absolute Gasteiger partial charge is 0.337 e. The summed E-state index contributed by atoms with van der Waals surface area (Å²) in [6, 6.07) is 4.70. The molecule has 0 radical (unpaired) electrons. The Hall–Kier alpha value is -2.50. The van der Waals surface area contributed by atoms with Crippen molar-refractivity contribution in [2.24, 2.45) is 0 Å². The molecule has 0 fully saturated rings. The first-order chi connectivity index (χ1) is 8.97. The number of carboxylic acid groups (broad SMARTS) is 1.